The lowest BCUT2D eigenvalue weighted by molar-refractivity contribution is 0.266. The zero-order chi connectivity index (χ0) is 12.5. The minimum absolute atomic E-state index is 0.456. The van der Waals surface area contributed by atoms with Crippen LogP contribution in [-0.2, 0) is 0 Å². The predicted octanol–water partition coefficient (Wildman–Crippen LogP) is 4.22. The summed E-state index contributed by atoms with van der Waals surface area (Å²) in [5.41, 5.74) is 3.19. The van der Waals surface area contributed by atoms with E-state index in [2.05, 4.69) is 57.3 Å². The van der Waals surface area contributed by atoms with Crippen LogP contribution in [0.15, 0.2) is 24.3 Å². The molecule has 0 saturated heterocycles. The van der Waals surface area contributed by atoms with Crippen molar-refractivity contribution < 1.29 is 0 Å². The van der Waals surface area contributed by atoms with Crippen molar-refractivity contribution in [2.45, 2.75) is 59.0 Å². The largest absolute Gasteiger partial charge is 0.307 e. The molecular weight excluding hydrogens is 206 g/mol. The van der Waals surface area contributed by atoms with Crippen molar-refractivity contribution in [2.75, 3.05) is 0 Å². The average Bonchev–Trinajstić information content (AvgIpc) is 2.59. The molecule has 1 unspecified atom stereocenters. The Morgan fingerprint density at radius 3 is 2.41 bits per heavy atom. The van der Waals surface area contributed by atoms with E-state index in [9.17, 15) is 0 Å². The van der Waals surface area contributed by atoms with Crippen LogP contribution in [0.5, 0.6) is 0 Å². The molecular formula is C16H25N. The first-order chi connectivity index (χ1) is 7.99. The average molecular weight is 231 g/mol. The Balaban J connectivity index is 2.01. The fraction of sp³-hybridized carbons (Fsp3) is 0.625. The second-order valence-electron chi connectivity index (χ2n) is 6.23. The first-order valence-corrected chi connectivity index (χ1v) is 6.82. The summed E-state index contributed by atoms with van der Waals surface area (Å²) < 4.78 is 0. The van der Waals surface area contributed by atoms with Crippen LogP contribution in [0.4, 0.5) is 0 Å². The molecule has 2 atom stereocenters. The molecule has 0 spiro atoms. The van der Waals surface area contributed by atoms with Crippen LogP contribution in [0, 0.1) is 12.3 Å². The topological polar surface area (TPSA) is 12.0 Å². The van der Waals surface area contributed by atoms with E-state index in [1.165, 1.54) is 30.4 Å². The number of aryl methyl sites for hydroxylation is 1. The van der Waals surface area contributed by atoms with Gasteiger partial charge in [-0.3, -0.25) is 0 Å². The molecule has 0 aliphatic heterocycles. The summed E-state index contributed by atoms with van der Waals surface area (Å²) >= 11 is 0. The highest BCUT2D eigenvalue weighted by atomic mass is 15.0. The van der Waals surface area contributed by atoms with Gasteiger partial charge in [0.2, 0.25) is 0 Å². The molecule has 1 aromatic carbocycles. The molecule has 0 radical (unpaired) electrons. The van der Waals surface area contributed by atoms with Gasteiger partial charge in [-0.25, -0.2) is 0 Å². The van der Waals surface area contributed by atoms with E-state index in [1.807, 2.05) is 0 Å². The highest BCUT2D eigenvalue weighted by molar-refractivity contribution is 5.23. The van der Waals surface area contributed by atoms with Crippen LogP contribution in [-0.4, -0.2) is 6.04 Å². The van der Waals surface area contributed by atoms with Crippen molar-refractivity contribution in [2.24, 2.45) is 5.41 Å². The van der Waals surface area contributed by atoms with Gasteiger partial charge in [0.15, 0.2) is 0 Å². The van der Waals surface area contributed by atoms with E-state index in [4.69, 9.17) is 0 Å². The Morgan fingerprint density at radius 2 is 1.88 bits per heavy atom. The molecule has 1 N–H and O–H groups in total. The van der Waals surface area contributed by atoms with Crippen molar-refractivity contribution in [3.05, 3.63) is 35.4 Å². The highest BCUT2D eigenvalue weighted by Crippen LogP contribution is 2.38. The number of benzene rings is 1. The van der Waals surface area contributed by atoms with Gasteiger partial charge < -0.3 is 5.32 Å². The molecule has 94 valence electrons. The molecule has 0 aromatic heterocycles. The van der Waals surface area contributed by atoms with Crippen molar-refractivity contribution >= 4 is 0 Å². The van der Waals surface area contributed by atoms with E-state index >= 15 is 0 Å². The lowest BCUT2D eigenvalue weighted by Gasteiger charge is -2.31. The summed E-state index contributed by atoms with van der Waals surface area (Å²) in [5, 5.41) is 3.80. The molecule has 1 fully saturated rings. The van der Waals surface area contributed by atoms with Crippen LogP contribution < -0.4 is 5.32 Å². The number of rotatable bonds is 3. The summed E-state index contributed by atoms with van der Waals surface area (Å²) in [6.45, 7) is 9.19. The maximum Gasteiger partial charge on any atom is 0.0294 e. The third kappa shape index (κ3) is 2.90. The lowest BCUT2D eigenvalue weighted by atomic mass is 9.86. The molecule has 0 amide bonds. The molecule has 1 aliphatic carbocycles. The lowest BCUT2D eigenvalue weighted by Crippen LogP contribution is -2.39. The van der Waals surface area contributed by atoms with Crippen molar-refractivity contribution in [1.29, 1.82) is 0 Å². The maximum absolute atomic E-state index is 3.80. The Labute approximate surface area is 106 Å². The molecule has 1 saturated carbocycles. The third-order valence-electron chi connectivity index (χ3n) is 4.29. The Bertz CT molecular complexity index is 364. The second kappa shape index (κ2) is 4.81. The number of hydrogen-bond acceptors (Lipinski definition) is 1. The maximum atomic E-state index is 3.80. The van der Waals surface area contributed by atoms with Crippen molar-refractivity contribution in [3.63, 3.8) is 0 Å². The monoisotopic (exact) mass is 231 g/mol. The SMILES string of the molecule is Cc1ccc([C@H](C)NC2CCCC2(C)C)cc1. The fourth-order valence-corrected chi connectivity index (χ4v) is 2.89. The van der Waals surface area contributed by atoms with Crippen molar-refractivity contribution in [3.8, 4) is 0 Å². The Kier molecular flexibility index (Phi) is 3.58. The molecule has 0 bridgehead atoms. The van der Waals surface area contributed by atoms with Gasteiger partial charge >= 0.3 is 0 Å². The van der Waals surface area contributed by atoms with Gasteiger partial charge in [0.25, 0.3) is 0 Å². The van der Waals surface area contributed by atoms with E-state index in [0.717, 1.165) is 0 Å². The summed E-state index contributed by atoms with van der Waals surface area (Å²) in [6.07, 6.45) is 4.04. The number of nitrogens with one attached hydrogen (secondary N) is 1. The summed E-state index contributed by atoms with van der Waals surface area (Å²) in [7, 11) is 0. The van der Waals surface area contributed by atoms with Crippen LogP contribution >= 0.6 is 0 Å². The first kappa shape index (κ1) is 12.6. The third-order valence-corrected chi connectivity index (χ3v) is 4.29. The normalized spacial score (nSPS) is 24.8. The van der Waals surface area contributed by atoms with E-state index in [0.29, 0.717) is 17.5 Å². The van der Waals surface area contributed by atoms with Crippen LogP contribution in [0.1, 0.15) is 57.2 Å². The zero-order valence-corrected chi connectivity index (χ0v) is 11.6. The molecule has 1 heteroatoms. The molecule has 1 aliphatic rings. The molecule has 1 aromatic rings. The van der Waals surface area contributed by atoms with Gasteiger partial charge in [-0.05, 0) is 37.7 Å². The minimum Gasteiger partial charge on any atom is -0.307 e. The highest BCUT2D eigenvalue weighted by Gasteiger charge is 2.34. The minimum atomic E-state index is 0.456. The van der Waals surface area contributed by atoms with E-state index in [-0.39, 0.29) is 0 Å². The summed E-state index contributed by atoms with van der Waals surface area (Å²) in [6, 6.07) is 10.0. The Morgan fingerprint density at radius 1 is 1.24 bits per heavy atom. The molecule has 1 nitrogen and oxygen atoms in total. The van der Waals surface area contributed by atoms with Crippen LogP contribution in [0.2, 0.25) is 0 Å². The van der Waals surface area contributed by atoms with E-state index < -0.39 is 0 Å². The Hall–Kier alpha value is -0.820. The van der Waals surface area contributed by atoms with Gasteiger partial charge in [0.1, 0.15) is 0 Å². The van der Waals surface area contributed by atoms with Crippen molar-refractivity contribution in [1.82, 2.24) is 5.32 Å². The van der Waals surface area contributed by atoms with Gasteiger partial charge in [-0.2, -0.15) is 0 Å². The van der Waals surface area contributed by atoms with Gasteiger partial charge in [0, 0.05) is 12.1 Å². The van der Waals surface area contributed by atoms with Gasteiger partial charge in [-0.1, -0.05) is 50.1 Å². The molecule has 0 heterocycles. The quantitative estimate of drug-likeness (QED) is 0.821. The molecule has 2 rings (SSSR count). The van der Waals surface area contributed by atoms with E-state index in [1.54, 1.807) is 0 Å². The standard InChI is InChI=1S/C16H25N/c1-12-7-9-14(10-8-12)13(2)17-15-6-5-11-16(15,3)4/h7-10,13,15,17H,5-6,11H2,1-4H3/t13-,15?/m0/s1. The fourth-order valence-electron chi connectivity index (χ4n) is 2.89. The van der Waals surface area contributed by atoms with Gasteiger partial charge in [-0.15, -0.1) is 0 Å². The number of hydrogen-bond donors (Lipinski definition) is 1. The van der Waals surface area contributed by atoms with Crippen LogP contribution in [0.25, 0.3) is 0 Å². The van der Waals surface area contributed by atoms with Crippen LogP contribution in [0.3, 0.4) is 0 Å². The van der Waals surface area contributed by atoms with Gasteiger partial charge in [0.05, 0.1) is 0 Å². The second-order valence-corrected chi connectivity index (χ2v) is 6.23. The predicted molar refractivity (Wildman–Crippen MR) is 74.1 cm³/mol. The summed E-state index contributed by atoms with van der Waals surface area (Å²) in [4.78, 5) is 0. The smallest absolute Gasteiger partial charge is 0.0294 e. The molecule has 17 heavy (non-hydrogen) atoms. The summed E-state index contributed by atoms with van der Waals surface area (Å²) in [5.74, 6) is 0. The first-order valence-electron chi connectivity index (χ1n) is 6.82. The zero-order valence-electron chi connectivity index (χ0n) is 11.6.